The zero-order valence-corrected chi connectivity index (χ0v) is 13.8. The quantitative estimate of drug-likeness (QED) is 0.792. The van der Waals surface area contributed by atoms with Crippen molar-refractivity contribution in [1.82, 2.24) is 0 Å². The van der Waals surface area contributed by atoms with E-state index in [1.807, 2.05) is 0 Å². The molecule has 0 bridgehead atoms. The Kier molecular flexibility index (Phi) is 4.63. The first-order valence-corrected chi connectivity index (χ1v) is 8.97. The minimum atomic E-state index is -0.455. The first-order chi connectivity index (χ1) is 10.0. The summed E-state index contributed by atoms with van der Waals surface area (Å²) < 4.78 is 11.6. The number of rotatable bonds is 2. The fourth-order valence-corrected chi connectivity index (χ4v) is 4.80. The average molecular weight is 296 g/mol. The van der Waals surface area contributed by atoms with Crippen molar-refractivity contribution in [3.05, 3.63) is 0 Å². The first-order valence-electron chi connectivity index (χ1n) is 8.97. The predicted molar refractivity (Wildman–Crippen MR) is 83.2 cm³/mol. The average Bonchev–Trinajstić information content (AvgIpc) is 2.79. The molecule has 2 heterocycles. The molecule has 1 spiro atoms. The molecule has 0 aromatic carbocycles. The lowest BCUT2D eigenvalue weighted by Gasteiger charge is -2.44. The Morgan fingerprint density at radius 2 is 1.90 bits per heavy atom. The van der Waals surface area contributed by atoms with Crippen LogP contribution in [0.15, 0.2) is 0 Å². The molecule has 3 rings (SSSR count). The van der Waals surface area contributed by atoms with E-state index in [0.29, 0.717) is 5.92 Å². The number of aliphatic hydroxyl groups is 1. The number of hydrogen-bond acceptors (Lipinski definition) is 3. The van der Waals surface area contributed by atoms with Crippen LogP contribution in [0.25, 0.3) is 0 Å². The molecule has 0 aromatic heterocycles. The highest BCUT2D eigenvalue weighted by molar-refractivity contribution is 4.98. The van der Waals surface area contributed by atoms with Gasteiger partial charge in [-0.1, -0.05) is 26.7 Å². The van der Waals surface area contributed by atoms with Crippen LogP contribution >= 0.6 is 0 Å². The Morgan fingerprint density at radius 3 is 2.62 bits per heavy atom. The lowest BCUT2D eigenvalue weighted by molar-refractivity contribution is -0.146. The van der Waals surface area contributed by atoms with Crippen LogP contribution in [0.3, 0.4) is 0 Å². The van der Waals surface area contributed by atoms with Crippen molar-refractivity contribution in [2.45, 2.75) is 76.4 Å². The third-order valence-electron chi connectivity index (χ3n) is 6.40. The van der Waals surface area contributed by atoms with Crippen LogP contribution in [0.5, 0.6) is 0 Å². The Morgan fingerprint density at radius 1 is 1.05 bits per heavy atom. The Bertz CT molecular complexity index is 348. The molecule has 3 nitrogen and oxygen atoms in total. The zero-order valence-electron chi connectivity index (χ0n) is 13.8. The van der Waals surface area contributed by atoms with E-state index in [9.17, 15) is 5.11 Å². The molecular weight excluding hydrogens is 264 g/mol. The molecule has 0 radical (unpaired) electrons. The largest absolute Gasteiger partial charge is 0.390 e. The smallest absolute Gasteiger partial charge is 0.0940 e. The van der Waals surface area contributed by atoms with Crippen LogP contribution in [-0.2, 0) is 9.47 Å². The summed E-state index contributed by atoms with van der Waals surface area (Å²) in [6, 6.07) is 0. The lowest BCUT2D eigenvalue weighted by atomic mass is 9.72. The van der Waals surface area contributed by atoms with Gasteiger partial charge in [-0.25, -0.2) is 0 Å². The van der Waals surface area contributed by atoms with Gasteiger partial charge < -0.3 is 14.6 Å². The van der Waals surface area contributed by atoms with Gasteiger partial charge in [0, 0.05) is 19.6 Å². The van der Waals surface area contributed by atoms with Crippen LogP contribution in [0.4, 0.5) is 0 Å². The summed E-state index contributed by atoms with van der Waals surface area (Å²) in [5.41, 5.74) is -0.536. The van der Waals surface area contributed by atoms with E-state index in [1.165, 1.54) is 19.3 Å². The molecule has 2 aliphatic heterocycles. The van der Waals surface area contributed by atoms with E-state index in [2.05, 4.69) is 13.8 Å². The highest BCUT2D eigenvalue weighted by atomic mass is 16.6. The summed E-state index contributed by atoms with van der Waals surface area (Å²) in [5, 5.41) is 11.3. The molecule has 3 fully saturated rings. The Labute approximate surface area is 129 Å². The van der Waals surface area contributed by atoms with Gasteiger partial charge in [0.1, 0.15) is 0 Å². The maximum atomic E-state index is 11.3. The van der Waals surface area contributed by atoms with Crippen LogP contribution < -0.4 is 0 Å². The molecule has 1 aliphatic carbocycles. The van der Waals surface area contributed by atoms with Gasteiger partial charge in [0.2, 0.25) is 0 Å². The minimum Gasteiger partial charge on any atom is -0.390 e. The van der Waals surface area contributed by atoms with Crippen LogP contribution in [0.2, 0.25) is 0 Å². The van der Waals surface area contributed by atoms with Crippen LogP contribution in [-0.4, -0.2) is 36.1 Å². The number of ether oxygens (including phenoxy) is 2. The minimum absolute atomic E-state index is 0.0810. The van der Waals surface area contributed by atoms with E-state index < -0.39 is 5.60 Å². The first kappa shape index (κ1) is 15.8. The van der Waals surface area contributed by atoms with Crippen molar-refractivity contribution >= 4 is 0 Å². The standard InChI is InChI=1S/C18H32O3/c1-14(2)15-4-3-7-18(19,8-5-15)16-6-10-21-17(12-16)9-11-20-13-17/h14-16,19H,3-13H2,1-2H3. The van der Waals surface area contributed by atoms with Gasteiger partial charge in [-0.15, -0.1) is 0 Å². The normalized spacial score (nSPS) is 45.1. The molecule has 21 heavy (non-hydrogen) atoms. The molecule has 0 amide bonds. The van der Waals surface area contributed by atoms with Gasteiger partial charge in [0.05, 0.1) is 17.8 Å². The maximum absolute atomic E-state index is 11.3. The molecule has 3 heteroatoms. The Hall–Kier alpha value is -0.120. The highest BCUT2D eigenvalue weighted by Crippen LogP contribution is 2.46. The van der Waals surface area contributed by atoms with Crippen LogP contribution in [0, 0.1) is 17.8 Å². The highest BCUT2D eigenvalue weighted by Gasteiger charge is 2.48. The summed E-state index contributed by atoms with van der Waals surface area (Å²) in [5.74, 6) is 1.94. The third kappa shape index (κ3) is 3.30. The van der Waals surface area contributed by atoms with Crippen molar-refractivity contribution in [1.29, 1.82) is 0 Å². The third-order valence-corrected chi connectivity index (χ3v) is 6.40. The summed E-state index contributed by atoms with van der Waals surface area (Å²) >= 11 is 0. The summed E-state index contributed by atoms with van der Waals surface area (Å²) in [6.07, 6.45) is 8.65. The summed E-state index contributed by atoms with van der Waals surface area (Å²) in [6.45, 7) is 7.00. The fourth-order valence-electron chi connectivity index (χ4n) is 4.80. The van der Waals surface area contributed by atoms with Gasteiger partial charge in [-0.05, 0) is 49.9 Å². The Balaban J connectivity index is 1.66. The van der Waals surface area contributed by atoms with E-state index in [0.717, 1.165) is 63.8 Å². The molecule has 3 aliphatic rings. The molecule has 4 unspecified atom stereocenters. The van der Waals surface area contributed by atoms with Crippen molar-refractivity contribution < 1.29 is 14.6 Å². The van der Waals surface area contributed by atoms with Gasteiger partial charge in [0.15, 0.2) is 0 Å². The second kappa shape index (κ2) is 6.17. The van der Waals surface area contributed by atoms with Crippen molar-refractivity contribution in [2.75, 3.05) is 19.8 Å². The van der Waals surface area contributed by atoms with E-state index >= 15 is 0 Å². The molecule has 1 saturated carbocycles. The van der Waals surface area contributed by atoms with Crippen molar-refractivity contribution in [3.63, 3.8) is 0 Å². The molecular formula is C18H32O3. The van der Waals surface area contributed by atoms with Gasteiger partial charge in [0.25, 0.3) is 0 Å². The van der Waals surface area contributed by atoms with E-state index in [-0.39, 0.29) is 5.60 Å². The number of hydrogen-bond donors (Lipinski definition) is 1. The van der Waals surface area contributed by atoms with Gasteiger partial charge in [-0.3, -0.25) is 0 Å². The van der Waals surface area contributed by atoms with Crippen molar-refractivity contribution in [3.8, 4) is 0 Å². The van der Waals surface area contributed by atoms with E-state index in [1.54, 1.807) is 0 Å². The van der Waals surface area contributed by atoms with Crippen LogP contribution in [0.1, 0.15) is 65.2 Å². The lowest BCUT2D eigenvalue weighted by Crippen LogP contribution is -2.48. The fraction of sp³-hybridized carbons (Fsp3) is 1.00. The second-order valence-corrected chi connectivity index (χ2v) is 8.06. The molecule has 2 saturated heterocycles. The second-order valence-electron chi connectivity index (χ2n) is 8.06. The SMILES string of the molecule is CC(C)C1CCCC(O)(C2CCOC3(CCOC3)C2)CC1. The zero-order chi connectivity index (χ0) is 14.9. The predicted octanol–water partition coefficient (Wildman–Crippen LogP) is 3.54. The topological polar surface area (TPSA) is 38.7 Å². The van der Waals surface area contributed by atoms with Gasteiger partial charge in [-0.2, -0.15) is 0 Å². The van der Waals surface area contributed by atoms with Gasteiger partial charge >= 0.3 is 0 Å². The summed E-state index contributed by atoms with van der Waals surface area (Å²) in [4.78, 5) is 0. The maximum Gasteiger partial charge on any atom is 0.0940 e. The summed E-state index contributed by atoms with van der Waals surface area (Å²) in [7, 11) is 0. The molecule has 4 atom stereocenters. The molecule has 0 aromatic rings. The monoisotopic (exact) mass is 296 g/mol. The van der Waals surface area contributed by atoms with E-state index in [4.69, 9.17) is 9.47 Å². The molecule has 1 N–H and O–H groups in total. The van der Waals surface area contributed by atoms with Crippen molar-refractivity contribution in [2.24, 2.45) is 17.8 Å². The molecule has 122 valence electrons.